The van der Waals surface area contributed by atoms with Crippen molar-refractivity contribution in [2.24, 2.45) is 11.0 Å². The highest BCUT2D eigenvalue weighted by molar-refractivity contribution is 5.74. The molecule has 4 nitrogen and oxygen atoms in total. The number of rotatable bonds is 3. The van der Waals surface area contributed by atoms with Crippen LogP contribution in [-0.4, -0.2) is 19.3 Å². The van der Waals surface area contributed by atoms with E-state index in [1.807, 2.05) is 6.92 Å². The fraction of sp³-hybridized carbons (Fsp3) is 0.714. The van der Waals surface area contributed by atoms with E-state index >= 15 is 0 Å². The second-order valence-electron chi connectivity index (χ2n) is 2.35. The Balaban J connectivity index is 3.51. The van der Waals surface area contributed by atoms with Gasteiger partial charge in [-0.1, -0.05) is 13.8 Å². The summed E-state index contributed by atoms with van der Waals surface area (Å²) in [7, 11) is 1.55. The minimum absolute atomic E-state index is 0.287. The van der Waals surface area contributed by atoms with E-state index in [1.54, 1.807) is 13.3 Å². The molecule has 0 saturated carbocycles. The Morgan fingerprint density at radius 1 is 1.73 bits per heavy atom. The number of nitrogens with zero attached hydrogens (tertiary/aromatic N) is 1. The van der Waals surface area contributed by atoms with Gasteiger partial charge in [0.25, 0.3) is 0 Å². The van der Waals surface area contributed by atoms with E-state index in [9.17, 15) is 4.79 Å². The number of hydrogen-bond acceptors (Lipinski definition) is 2. The van der Waals surface area contributed by atoms with Gasteiger partial charge in [0, 0.05) is 13.3 Å². The highest BCUT2D eigenvalue weighted by Crippen LogP contribution is 1.93. The van der Waals surface area contributed by atoms with Crippen molar-refractivity contribution in [2.45, 2.75) is 20.3 Å². The molecule has 0 spiro atoms. The summed E-state index contributed by atoms with van der Waals surface area (Å²) in [5.41, 5.74) is 2.32. The topological polar surface area (TPSA) is 53.5 Å². The van der Waals surface area contributed by atoms with E-state index in [0.29, 0.717) is 5.92 Å². The van der Waals surface area contributed by atoms with Crippen LogP contribution in [0, 0.1) is 5.92 Å². The lowest BCUT2D eigenvalue weighted by molar-refractivity contribution is 0.243. The zero-order valence-corrected chi connectivity index (χ0v) is 7.22. The maximum Gasteiger partial charge on any atom is 0.334 e. The zero-order valence-electron chi connectivity index (χ0n) is 7.22. The summed E-state index contributed by atoms with van der Waals surface area (Å²) < 4.78 is 0. The van der Waals surface area contributed by atoms with E-state index in [0.717, 1.165) is 6.42 Å². The van der Waals surface area contributed by atoms with Gasteiger partial charge in [0.05, 0.1) is 0 Å². The SMILES string of the molecule is CCC(C)/C=N/NC(=O)NC. The first-order valence-electron chi connectivity index (χ1n) is 3.71. The predicted octanol–water partition coefficient (Wildman–Crippen LogP) is 0.947. The Kier molecular flexibility index (Phi) is 5.15. The average molecular weight is 157 g/mol. The van der Waals surface area contributed by atoms with Gasteiger partial charge in [-0.25, -0.2) is 10.2 Å². The minimum atomic E-state index is -0.287. The number of amides is 2. The highest BCUT2D eigenvalue weighted by atomic mass is 16.2. The lowest BCUT2D eigenvalue weighted by Crippen LogP contribution is -2.28. The smallest absolute Gasteiger partial charge is 0.334 e. The molecule has 0 radical (unpaired) electrons. The van der Waals surface area contributed by atoms with E-state index < -0.39 is 0 Å². The molecule has 0 aromatic carbocycles. The van der Waals surface area contributed by atoms with Gasteiger partial charge in [-0.2, -0.15) is 5.10 Å². The van der Waals surface area contributed by atoms with E-state index in [2.05, 4.69) is 22.8 Å². The molecule has 4 heteroatoms. The normalized spacial score (nSPS) is 13.0. The second kappa shape index (κ2) is 5.70. The molecule has 0 rings (SSSR count). The van der Waals surface area contributed by atoms with Crippen molar-refractivity contribution in [2.75, 3.05) is 7.05 Å². The largest absolute Gasteiger partial charge is 0.340 e. The first-order valence-corrected chi connectivity index (χ1v) is 3.71. The Labute approximate surface area is 67.1 Å². The second-order valence-corrected chi connectivity index (χ2v) is 2.35. The summed E-state index contributed by atoms with van der Waals surface area (Å²) in [6.45, 7) is 4.10. The van der Waals surface area contributed by atoms with Crippen LogP contribution in [0.4, 0.5) is 4.79 Å². The van der Waals surface area contributed by atoms with E-state index in [1.165, 1.54) is 0 Å². The summed E-state index contributed by atoms with van der Waals surface area (Å²) in [5.74, 6) is 0.409. The molecule has 0 aromatic rings. The van der Waals surface area contributed by atoms with Crippen LogP contribution in [0.3, 0.4) is 0 Å². The molecule has 0 fully saturated rings. The summed E-state index contributed by atoms with van der Waals surface area (Å²) in [6.07, 6.45) is 2.74. The van der Waals surface area contributed by atoms with Crippen molar-refractivity contribution >= 4 is 12.2 Å². The van der Waals surface area contributed by atoms with Crippen molar-refractivity contribution in [3.05, 3.63) is 0 Å². The number of nitrogens with one attached hydrogen (secondary N) is 2. The van der Waals surface area contributed by atoms with Gasteiger partial charge in [0.15, 0.2) is 0 Å². The number of urea groups is 1. The Hall–Kier alpha value is -1.06. The zero-order chi connectivity index (χ0) is 8.69. The number of carbonyl (C=O) groups excluding carboxylic acids is 1. The van der Waals surface area contributed by atoms with Gasteiger partial charge in [-0.05, 0) is 12.3 Å². The van der Waals surface area contributed by atoms with Gasteiger partial charge >= 0.3 is 6.03 Å². The molecular formula is C7H15N3O. The molecule has 11 heavy (non-hydrogen) atoms. The molecule has 0 aliphatic rings. The van der Waals surface area contributed by atoms with Crippen LogP contribution in [0.2, 0.25) is 0 Å². The Morgan fingerprint density at radius 3 is 2.82 bits per heavy atom. The third-order valence-electron chi connectivity index (χ3n) is 1.37. The molecule has 2 N–H and O–H groups in total. The number of hydrazone groups is 1. The summed E-state index contributed by atoms with van der Waals surface area (Å²) in [4.78, 5) is 10.5. The van der Waals surface area contributed by atoms with Crippen molar-refractivity contribution in [3.8, 4) is 0 Å². The van der Waals surface area contributed by atoms with Gasteiger partial charge < -0.3 is 5.32 Å². The molecule has 2 amide bonds. The van der Waals surface area contributed by atoms with Crippen LogP contribution in [-0.2, 0) is 0 Å². The van der Waals surface area contributed by atoms with Gasteiger partial charge in [0.2, 0.25) is 0 Å². The summed E-state index contributed by atoms with van der Waals surface area (Å²) in [6, 6.07) is -0.287. The summed E-state index contributed by atoms with van der Waals surface area (Å²) >= 11 is 0. The van der Waals surface area contributed by atoms with Gasteiger partial charge in [-0.15, -0.1) is 0 Å². The van der Waals surface area contributed by atoms with Crippen molar-refractivity contribution < 1.29 is 4.79 Å². The highest BCUT2D eigenvalue weighted by Gasteiger charge is 1.93. The first-order chi connectivity index (χ1) is 5.20. The average Bonchev–Trinajstić information content (AvgIpc) is 2.04. The van der Waals surface area contributed by atoms with Crippen LogP contribution < -0.4 is 10.7 Å². The number of carbonyl (C=O) groups is 1. The molecular weight excluding hydrogens is 142 g/mol. The fourth-order valence-electron chi connectivity index (χ4n) is 0.384. The molecule has 0 aliphatic carbocycles. The summed E-state index contributed by atoms with van der Waals surface area (Å²) in [5, 5.41) is 6.12. The van der Waals surface area contributed by atoms with Crippen molar-refractivity contribution in [1.82, 2.24) is 10.7 Å². The Bertz CT molecular complexity index is 145. The van der Waals surface area contributed by atoms with Crippen molar-refractivity contribution in [3.63, 3.8) is 0 Å². The van der Waals surface area contributed by atoms with E-state index in [-0.39, 0.29) is 6.03 Å². The third kappa shape index (κ3) is 5.39. The molecule has 0 aromatic heterocycles. The van der Waals surface area contributed by atoms with E-state index in [4.69, 9.17) is 0 Å². The van der Waals surface area contributed by atoms with Crippen LogP contribution in [0.25, 0.3) is 0 Å². The van der Waals surface area contributed by atoms with Crippen LogP contribution in [0.1, 0.15) is 20.3 Å². The molecule has 0 saturated heterocycles. The van der Waals surface area contributed by atoms with Crippen LogP contribution in [0.5, 0.6) is 0 Å². The molecule has 64 valence electrons. The lowest BCUT2D eigenvalue weighted by atomic mass is 10.1. The van der Waals surface area contributed by atoms with Crippen LogP contribution >= 0.6 is 0 Å². The monoisotopic (exact) mass is 157 g/mol. The molecule has 0 bridgehead atoms. The fourth-order valence-corrected chi connectivity index (χ4v) is 0.384. The van der Waals surface area contributed by atoms with Crippen molar-refractivity contribution in [1.29, 1.82) is 0 Å². The molecule has 1 atom stereocenters. The maximum absolute atomic E-state index is 10.5. The molecule has 0 aliphatic heterocycles. The quantitative estimate of drug-likeness (QED) is 0.465. The minimum Gasteiger partial charge on any atom is -0.340 e. The Morgan fingerprint density at radius 2 is 2.36 bits per heavy atom. The van der Waals surface area contributed by atoms with Gasteiger partial charge in [-0.3, -0.25) is 0 Å². The maximum atomic E-state index is 10.5. The third-order valence-corrected chi connectivity index (χ3v) is 1.37. The first kappa shape index (κ1) is 9.94. The standard InChI is InChI=1S/C7H15N3O/c1-4-6(2)5-9-10-7(11)8-3/h5-6H,4H2,1-3H3,(H2,8,10,11)/b9-5+. The van der Waals surface area contributed by atoms with Gasteiger partial charge in [0.1, 0.15) is 0 Å². The number of hydrogen-bond donors (Lipinski definition) is 2. The van der Waals surface area contributed by atoms with Crippen LogP contribution in [0.15, 0.2) is 5.10 Å². The lowest BCUT2D eigenvalue weighted by Gasteiger charge is -1.99. The molecule has 1 unspecified atom stereocenters. The molecule has 0 heterocycles. The predicted molar refractivity (Wildman–Crippen MR) is 45.5 cm³/mol.